The number of benzene rings is 2. The number of furan rings is 1. The molecule has 1 N–H and O–H groups in total. The summed E-state index contributed by atoms with van der Waals surface area (Å²) in [6, 6.07) is 15.3. The lowest BCUT2D eigenvalue weighted by Gasteiger charge is -2.38. The molecule has 0 saturated carbocycles. The molecule has 0 atom stereocenters. The van der Waals surface area contributed by atoms with Crippen LogP contribution >= 0.6 is 0 Å². The lowest BCUT2D eigenvalue weighted by Crippen LogP contribution is -2.62. The summed E-state index contributed by atoms with van der Waals surface area (Å²) in [5.74, 6) is 1.28. The van der Waals surface area contributed by atoms with E-state index in [1.54, 1.807) is 19.2 Å². The maximum atomic E-state index is 12.7. The average molecular weight is 429 g/mol. The number of para-hydroxylation sites is 1. The number of hydrogen-bond acceptors (Lipinski definition) is 5. The predicted octanol–water partition coefficient (Wildman–Crippen LogP) is 2.66. The number of nitrogens with one attached hydrogen (secondary N) is 1. The normalized spacial score (nSPS) is 15.0. The van der Waals surface area contributed by atoms with Crippen LogP contribution in [0.15, 0.2) is 63.9 Å². The molecule has 0 bridgehead atoms. The minimum atomic E-state index is -3.58. The third-order valence-corrected chi connectivity index (χ3v) is 6.93. The van der Waals surface area contributed by atoms with Gasteiger partial charge in [-0.05, 0) is 36.4 Å². The number of urea groups is 1. The number of methoxy groups -OCH3 is 1. The number of sulfonamides is 1. The third kappa shape index (κ3) is 3.99. The Labute approximate surface area is 175 Å². The van der Waals surface area contributed by atoms with E-state index in [-0.39, 0.29) is 30.1 Å². The Bertz CT molecular complexity index is 1120. The first-order chi connectivity index (χ1) is 14.4. The molecule has 158 valence electrons. The van der Waals surface area contributed by atoms with Crippen molar-refractivity contribution in [2.75, 3.05) is 27.2 Å². The van der Waals surface area contributed by atoms with Gasteiger partial charge in [-0.3, -0.25) is 0 Å². The fraction of sp³-hybridized carbons (Fsp3) is 0.286. The quantitative estimate of drug-likeness (QED) is 0.650. The van der Waals surface area contributed by atoms with E-state index in [1.807, 2.05) is 30.3 Å². The largest absolute Gasteiger partial charge is 0.497 e. The van der Waals surface area contributed by atoms with Gasteiger partial charge in [0.25, 0.3) is 0 Å². The number of hydrogen-bond donors (Lipinski definition) is 1. The van der Waals surface area contributed by atoms with Crippen molar-refractivity contribution >= 4 is 27.0 Å². The number of rotatable bonds is 6. The smallest absolute Gasteiger partial charge is 0.317 e. The summed E-state index contributed by atoms with van der Waals surface area (Å²) in [6.45, 7) is 0.790. The maximum Gasteiger partial charge on any atom is 0.317 e. The van der Waals surface area contributed by atoms with Crippen molar-refractivity contribution in [2.45, 2.75) is 17.5 Å². The van der Waals surface area contributed by atoms with Crippen LogP contribution in [0.2, 0.25) is 0 Å². The van der Waals surface area contributed by atoms with Crippen molar-refractivity contribution in [1.29, 1.82) is 0 Å². The minimum Gasteiger partial charge on any atom is -0.497 e. The van der Waals surface area contributed by atoms with Gasteiger partial charge in [0.2, 0.25) is 10.0 Å². The molecule has 1 aliphatic rings. The first-order valence-corrected chi connectivity index (χ1v) is 10.9. The Morgan fingerprint density at radius 3 is 2.57 bits per heavy atom. The van der Waals surface area contributed by atoms with Gasteiger partial charge in [0.1, 0.15) is 17.1 Å². The zero-order chi connectivity index (χ0) is 21.3. The van der Waals surface area contributed by atoms with Gasteiger partial charge >= 0.3 is 6.03 Å². The summed E-state index contributed by atoms with van der Waals surface area (Å²) in [6.07, 6.45) is 0. The number of fused-ring (bicyclic) bond motifs is 1. The van der Waals surface area contributed by atoms with E-state index in [1.165, 1.54) is 28.4 Å². The van der Waals surface area contributed by atoms with Crippen molar-refractivity contribution in [3.8, 4) is 5.75 Å². The fourth-order valence-electron chi connectivity index (χ4n) is 3.33. The van der Waals surface area contributed by atoms with E-state index in [0.29, 0.717) is 18.1 Å². The molecule has 8 nitrogen and oxygen atoms in total. The Morgan fingerprint density at radius 2 is 1.90 bits per heavy atom. The molecule has 0 aliphatic carbocycles. The van der Waals surface area contributed by atoms with Crippen LogP contribution in [0.5, 0.6) is 5.75 Å². The number of ether oxygens (including phenoxy) is 1. The van der Waals surface area contributed by atoms with Crippen LogP contribution in [0.3, 0.4) is 0 Å². The molecule has 1 fully saturated rings. The Hall–Kier alpha value is -3.04. The Balaban J connectivity index is 1.30. The summed E-state index contributed by atoms with van der Waals surface area (Å²) in [5, 5.41) is 3.85. The van der Waals surface area contributed by atoms with E-state index in [2.05, 4.69) is 5.32 Å². The van der Waals surface area contributed by atoms with Crippen LogP contribution in [0, 0.1) is 0 Å². The zero-order valence-electron chi connectivity index (χ0n) is 16.7. The molecule has 1 aromatic heterocycles. The number of amides is 2. The van der Waals surface area contributed by atoms with Gasteiger partial charge in [-0.25, -0.2) is 13.2 Å². The fourth-order valence-corrected chi connectivity index (χ4v) is 4.86. The topological polar surface area (TPSA) is 92.1 Å². The SMILES string of the molecule is COc1ccc(S(=O)(=O)N2CC(NC(=O)N(C)Cc3cc4ccccc4o3)C2)cc1. The summed E-state index contributed by atoms with van der Waals surface area (Å²) < 4.78 is 37.5. The van der Waals surface area contributed by atoms with Crippen molar-refractivity contribution in [2.24, 2.45) is 0 Å². The minimum absolute atomic E-state index is 0.204. The van der Waals surface area contributed by atoms with Crippen molar-refractivity contribution in [3.63, 3.8) is 0 Å². The lowest BCUT2D eigenvalue weighted by atomic mass is 10.2. The van der Waals surface area contributed by atoms with Crippen LogP contribution in [0.4, 0.5) is 4.79 Å². The summed E-state index contributed by atoms with van der Waals surface area (Å²) in [5.41, 5.74) is 0.777. The first kappa shape index (κ1) is 20.2. The summed E-state index contributed by atoms with van der Waals surface area (Å²) >= 11 is 0. The first-order valence-electron chi connectivity index (χ1n) is 9.50. The predicted molar refractivity (Wildman–Crippen MR) is 112 cm³/mol. The van der Waals surface area contributed by atoms with Crippen molar-refractivity contribution < 1.29 is 22.4 Å². The molecular formula is C21H23N3O5S. The number of carbonyl (C=O) groups excluding carboxylic acids is 1. The highest BCUT2D eigenvalue weighted by Crippen LogP contribution is 2.24. The highest BCUT2D eigenvalue weighted by atomic mass is 32.2. The van der Waals surface area contributed by atoms with Crippen LogP contribution in [0.1, 0.15) is 5.76 Å². The van der Waals surface area contributed by atoms with E-state index >= 15 is 0 Å². The molecular weight excluding hydrogens is 406 g/mol. The summed E-state index contributed by atoms with van der Waals surface area (Å²) in [4.78, 5) is 14.2. The standard InChI is InChI=1S/C21H23N3O5S/c1-23(14-18-11-15-5-3-4-6-20(15)29-18)21(25)22-16-12-24(13-16)30(26,27)19-9-7-17(28-2)8-10-19/h3-11,16H,12-14H2,1-2H3,(H,22,25). The Morgan fingerprint density at radius 1 is 1.20 bits per heavy atom. The second-order valence-corrected chi connectivity index (χ2v) is 9.19. The number of nitrogens with zero attached hydrogens (tertiary/aromatic N) is 2. The van der Waals surface area contributed by atoms with Gasteiger partial charge in [0.15, 0.2) is 0 Å². The van der Waals surface area contributed by atoms with Crippen LogP contribution < -0.4 is 10.1 Å². The molecule has 1 saturated heterocycles. The molecule has 0 radical (unpaired) electrons. The van der Waals surface area contributed by atoms with Gasteiger partial charge in [0, 0.05) is 25.5 Å². The van der Waals surface area contributed by atoms with E-state index in [4.69, 9.17) is 9.15 Å². The molecule has 0 unspecified atom stereocenters. The van der Waals surface area contributed by atoms with Gasteiger partial charge in [-0.15, -0.1) is 0 Å². The summed E-state index contributed by atoms with van der Waals surface area (Å²) in [7, 11) is -0.383. The molecule has 0 spiro atoms. The van der Waals surface area contributed by atoms with Crippen LogP contribution in [0.25, 0.3) is 11.0 Å². The molecule has 2 amide bonds. The van der Waals surface area contributed by atoms with E-state index < -0.39 is 10.0 Å². The van der Waals surface area contributed by atoms with Crippen LogP contribution in [-0.2, 0) is 16.6 Å². The van der Waals surface area contributed by atoms with Gasteiger partial charge in [-0.1, -0.05) is 18.2 Å². The highest BCUT2D eigenvalue weighted by molar-refractivity contribution is 7.89. The van der Waals surface area contributed by atoms with Gasteiger partial charge < -0.3 is 19.4 Å². The molecule has 30 heavy (non-hydrogen) atoms. The molecule has 2 aromatic carbocycles. The maximum absolute atomic E-state index is 12.7. The second kappa shape index (κ2) is 8.00. The average Bonchev–Trinajstić information content (AvgIpc) is 3.12. The molecule has 9 heteroatoms. The van der Waals surface area contributed by atoms with Crippen molar-refractivity contribution in [3.05, 3.63) is 60.4 Å². The van der Waals surface area contributed by atoms with Gasteiger partial charge in [-0.2, -0.15) is 4.31 Å². The third-order valence-electron chi connectivity index (χ3n) is 5.09. The lowest BCUT2D eigenvalue weighted by molar-refractivity contribution is 0.177. The second-order valence-electron chi connectivity index (χ2n) is 7.25. The monoisotopic (exact) mass is 429 g/mol. The van der Waals surface area contributed by atoms with E-state index in [0.717, 1.165) is 11.0 Å². The Kier molecular flexibility index (Phi) is 5.40. The highest BCUT2D eigenvalue weighted by Gasteiger charge is 2.37. The van der Waals surface area contributed by atoms with E-state index in [9.17, 15) is 13.2 Å². The van der Waals surface area contributed by atoms with Crippen LogP contribution in [-0.4, -0.2) is 56.9 Å². The molecule has 2 heterocycles. The molecule has 4 rings (SSSR count). The molecule has 1 aliphatic heterocycles. The molecule has 3 aromatic rings. The zero-order valence-corrected chi connectivity index (χ0v) is 17.6. The van der Waals surface area contributed by atoms with Crippen molar-refractivity contribution in [1.82, 2.24) is 14.5 Å². The van der Waals surface area contributed by atoms with Gasteiger partial charge in [0.05, 0.1) is 24.6 Å². The number of carbonyl (C=O) groups is 1.